The Bertz CT molecular complexity index is 357. The molecule has 1 amide bonds. The Kier molecular flexibility index (Phi) is 3.85. The fourth-order valence-electron chi connectivity index (χ4n) is 1.11. The number of esters is 1. The third-order valence-electron chi connectivity index (χ3n) is 1.91. The number of primary amides is 1. The summed E-state index contributed by atoms with van der Waals surface area (Å²) in [4.78, 5) is 21.6. The fraction of sp³-hybridized carbons (Fsp3) is 0.182. The Labute approximate surface area is 88.0 Å². The van der Waals surface area contributed by atoms with Gasteiger partial charge < -0.3 is 10.5 Å². The van der Waals surface area contributed by atoms with Crippen molar-refractivity contribution in [3.63, 3.8) is 0 Å². The summed E-state index contributed by atoms with van der Waals surface area (Å²) >= 11 is 0. The van der Waals surface area contributed by atoms with Gasteiger partial charge in [-0.15, -0.1) is 0 Å². The zero-order chi connectivity index (χ0) is 11.3. The van der Waals surface area contributed by atoms with Crippen molar-refractivity contribution in [3.8, 4) is 0 Å². The van der Waals surface area contributed by atoms with Gasteiger partial charge in [0.05, 0.1) is 19.1 Å². The summed E-state index contributed by atoms with van der Waals surface area (Å²) in [6, 6.07) is 6.81. The first-order valence-electron chi connectivity index (χ1n) is 4.43. The number of amides is 1. The average Bonchev–Trinajstić information content (AvgIpc) is 2.26. The summed E-state index contributed by atoms with van der Waals surface area (Å²) in [6.45, 7) is 0. The van der Waals surface area contributed by atoms with E-state index in [1.807, 2.05) is 0 Å². The Hall–Kier alpha value is -1.84. The molecule has 0 heterocycles. The van der Waals surface area contributed by atoms with Crippen LogP contribution in [0.3, 0.4) is 0 Å². The van der Waals surface area contributed by atoms with Gasteiger partial charge in [-0.2, -0.15) is 0 Å². The maximum atomic E-state index is 11.1. The van der Waals surface area contributed by atoms with Crippen LogP contribution < -0.4 is 5.73 Å². The molecule has 0 aliphatic carbocycles. The molecule has 0 saturated heterocycles. The van der Waals surface area contributed by atoms with Gasteiger partial charge in [0, 0.05) is 0 Å². The van der Waals surface area contributed by atoms with Gasteiger partial charge in [0.25, 0.3) is 0 Å². The second kappa shape index (κ2) is 5.14. The van der Waals surface area contributed by atoms with Gasteiger partial charge in [-0.05, 0) is 24.1 Å². The van der Waals surface area contributed by atoms with Crippen molar-refractivity contribution in [1.82, 2.24) is 0 Å². The third kappa shape index (κ3) is 3.42. The molecule has 2 N–H and O–H groups in total. The lowest BCUT2D eigenvalue weighted by atomic mass is 10.1. The summed E-state index contributed by atoms with van der Waals surface area (Å²) < 4.78 is 4.55. The van der Waals surface area contributed by atoms with E-state index in [0.717, 1.165) is 5.56 Å². The molecule has 1 aromatic rings. The van der Waals surface area contributed by atoms with Crippen LogP contribution in [0, 0.1) is 6.42 Å². The van der Waals surface area contributed by atoms with Crippen LogP contribution >= 0.6 is 0 Å². The molecular weight excluding hydrogens is 194 g/mol. The Morgan fingerprint density at radius 1 is 1.33 bits per heavy atom. The van der Waals surface area contributed by atoms with Gasteiger partial charge in [-0.25, -0.2) is 4.79 Å². The number of carbonyl (C=O) groups is 2. The molecule has 15 heavy (non-hydrogen) atoms. The first-order valence-corrected chi connectivity index (χ1v) is 4.43. The molecule has 0 aromatic heterocycles. The lowest BCUT2D eigenvalue weighted by molar-refractivity contribution is -0.115. The van der Waals surface area contributed by atoms with E-state index in [1.54, 1.807) is 24.3 Å². The van der Waals surface area contributed by atoms with Crippen LogP contribution in [0.2, 0.25) is 0 Å². The summed E-state index contributed by atoms with van der Waals surface area (Å²) in [5.41, 5.74) is 6.38. The van der Waals surface area contributed by atoms with E-state index >= 15 is 0 Å². The quantitative estimate of drug-likeness (QED) is 0.737. The summed E-state index contributed by atoms with van der Waals surface area (Å²) in [7, 11) is 1.33. The molecule has 0 fully saturated rings. The third-order valence-corrected chi connectivity index (χ3v) is 1.91. The van der Waals surface area contributed by atoms with Crippen molar-refractivity contribution in [2.75, 3.05) is 7.11 Å². The lowest BCUT2D eigenvalue weighted by Gasteiger charge is -2.01. The molecular formula is C11H12NO3. The highest BCUT2D eigenvalue weighted by Gasteiger charge is 2.04. The first-order chi connectivity index (χ1) is 7.13. The van der Waals surface area contributed by atoms with Crippen molar-refractivity contribution >= 4 is 11.9 Å². The fourth-order valence-corrected chi connectivity index (χ4v) is 1.11. The topological polar surface area (TPSA) is 69.4 Å². The average molecular weight is 206 g/mol. The molecule has 0 unspecified atom stereocenters. The van der Waals surface area contributed by atoms with Crippen LogP contribution in [0.4, 0.5) is 0 Å². The maximum absolute atomic E-state index is 11.1. The number of carbonyl (C=O) groups excluding carboxylic acids is 2. The predicted octanol–water partition coefficient (Wildman–Crippen LogP) is 0.705. The minimum absolute atomic E-state index is 0.375. The molecule has 1 aromatic carbocycles. The molecule has 0 saturated carbocycles. The molecule has 0 aliphatic heterocycles. The number of hydrogen-bond acceptors (Lipinski definition) is 3. The molecule has 0 bridgehead atoms. The molecule has 1 rings (SSSR count). The van der Waals surface area contributed by atoms with Gasteiger partial charge in [-0.3, -0.25) is 4.79 Å². The SMILES string of the molecule is COC(=O)c1ccc(C[CH]C(N)=O)cc1. The van der Waals surface area contributed by atoms with E-state index < -0.39 is 5.91 Å². The number of hydrogen-bond donors (Lipinski definition) is 1. The van der Waals surface area contributed by atoms with Gasteiger partial charge >= 0.3 is 5.97 Å². The molecule has 0 atom stereocenters. The normalized spacial score (nSPS) is 9.67. The Balaban J connectivity index is 2.64. The molecule has 79 valence electrons. The second-order valence-electron chi connectivity index (χ2n) is 3.00. The van der Waals surface area contributed by atoms with E-state index in [-0.39, 0.29) is 5.97 Å². The zero-order valence-corrected chi connectivity index (χ0v) is 8.40. The van der Waals surface area contributed by atoms with Gasteiger partial charge in [0.1, 0.15) is 0 Å². The second-order valence-corrected chi connectivity index (χ2v) is 3.00. The van der Waals surface area contributed by atoms with Crippen LogP contribution in [0.1, 0.15) is 15.9 Å². The zero-order valence-electron chi connectivity index (χ0n) is 8.40. The van der Waals surface area contributed by atoms with Crippen LogP contribution in [-0.2, 0) is 16.0 Å². The van der Waals surface area contributed by atoms with E-state index in [4.69, 9.17) is 5.73 Å². The van der Waals surface area contributed by atoms with E-state index in [1.165, 1.54) is 13.5 Å². The van der Waals surface area contributed by atoms with E-state index in [9.17, 15) is 9.59 Å². The van der Waals surface area contributed by atoms with Crippen molar-refractivity contribution in [2.45, 2.75) is 6.42 Å². The first kappa shape index (κ1) is 11.2. The Morgan fingerprint density at radius 2 is 1.93 bits per heavy atom. The van der Waals surface area contributed by atoms with Crippen molar-refractivity contribution < 1.29 is 14.3 Å². The monoisotopic (exact) mass is 206 g/mol. The minimum Gasteiger partial charge on any atom is -0.465 e. The van der Waals surface area contributed by atoms with Crippen molar-refractivity contribution in [1.29, 1.82) is 0 Å². The van der Waals surface area contributed by atoms with Crippen molar-refractivity contribution in [2.24, 2.45) is 5.73 Å². The summed E-state index contributed by atoms with van der Waals surface area (Å²) in [5, 5.41) is 0. The van der Waals surface area contributed by atoms with Gasteiger partial charge in [0.2, 0.25) is 5.91 Å². The molecule has 0 spiro atoms. The standard InChI is InChI=1S/C11H12NO3/c1-15-11(14)9-5-2-8(3-6-9)4-7-10(12)13/h2-3,5-7H,4H2,1H3,(H2,12,13). The highest BCUT2D eigenvalue weighted by molar-refractivity contribution is 5.89. The molecule has 0 aliphatic rings. The summed E-state index contributed by atoms with van der Waals surface area (Å²) in [5.74, 6) is -0.826. The van der Waals surface area contributed by atoms with Gasteiger partial charge in [-0.1, -0.05) is 12.1 Å². The summed E-state index contributed by atoms with van der Waals surface area (Å²) in [6.07, 6.45) is 1.85. The molecule has 4 heteroatoms. The number of nitrogens with two attached hydrogens (primary N) is 1. The Morgan fingerprint density at radius 3 is 2.40 bits per heavy atom. The highest BCUT2D eigenvalue weighted by atomic mass is 16.5. The number of rotatable bonds is 4. The van der Waals surface area contributed by atoms with Gasteiger partial charge in [0.15, 0.2) is 0 Å². The smallest absolute Gasteiger partial charge is 0.337 e. The number of benzene rings is 1. The van der Waals surface area contributed by atoms with Crippen LogP contribution in [-0.4, -0.2) is 19.0 Å². The molecule has 4 nitrogen and oxygen atoms in total. The number of methoxy groups -OCH3 is 1. The maximum Gasteiger partial charge on any atom is 0.337 e. The molecule has 1 radical (unpaired) electrons. The van der Waals surface area contributed by atoms with E-state index in [2.05, 4.69) is 4.74 Å². The lowest BCUT2D eigenvalue weighted by Crippen LogP contribution is -2.12. The van der Waals surface area contributed by atoms with Crippen molar-refractivity contribution in [3.05, 3.63) is 41.8 Å². The highest BCUT2D eigenvalue weighted by Crippen LogP contribution is 2.07. The van der Waals surface area contributed by atoms with Crippen LogP contribution in [0.5, 0.6) is 0 Å². The van der Waals surface area contributed by atoms with Crippen LogP contribution in [0.15, 0.2) is 24.3 Å². The number of ether oxygens (including phenoxy) is 1. The minimum atomic E-state index is -0.452. The largest absolute Gasteiger partial charge is 0.465 e. The van der Waals surface area contributed by atoms with Crippen LogP contribution in [0.25, 0.3) is 0 Å². The predicted molar refractivity (Wildman–Crippen MR) is 55.0 cm³/mol. The van der Waals surface area contributed by atoms with E-state index in [0.29, 0.717) is 12.0 Å².